The third-order valence-electron chi connectivity index (χ3n) is 2.87. The van der Waals surface area contributed by atoms with Crippen LogP contribution in [0.25, 0.3) is 6.08 Å². The molecule has 1 N–H and O–H groups in total. The molecule has 0 aromatic heterocycles. The second-order valence-corrected chi connectivity index (χ2v) is 4.82. The summed E-state index contributed by atoms with van der Waals surface area (Å²) < 4.78 is 15.0. The SMILES string of the molecule is CCOC(=O)[C@H](C)NC(=O)/C=C/c1ccc(OC(C)=O)c(OC)c1. The topological polar surface area (TPSA) is 90.9 Å². The molecule has 0 spiro atoms. The van der Waals surface area contributed by atoms with Gasteiger partial charge in [-0.3, -0.25) is 9.59 Å². The summed E-state index contributed by atoms with van der Waals surface area (Å²) in [6, 6.07) is 4.12. The average Bonchev–Trinajstić information content (AvgIpc) is 2.53. The summed E-state index contributed by atoms with van der Waals surface area (Å²) >= 11 is 0. The Hall–Kier alpha value is -2.83. The van der Waals surface area contributed by atoms with Crippen LogP contribution in [-0.4, -0.2) is 37.6 Å². The number of carbonyl (C=O) groups is 3. The number of amides is 1. The maximum Gasteiger partial charge on any atom is 0.328 e. The lowest BCUT2D eigenvalue weighted by molar-refractivity contribution is -0.146. The minimum atomic E-state index is -0.733. The summed E-state index contributed by atoms with van der Waals surface area (Å²) in [4.78, 5) is 34.2. The number of esters is 2. The van der Waals surface area contributed by atoms with Crippen LogP contribution in [0.5, 0.6) is 11.5 Å². The van der Waals surface area contributed by atoms with Crippen LogP contribution in [0, 0.1) is 0 Å². The molecule has 1 amide bonds. The number of carbonyl (C=O) groups excluding carboxylic acids is 3. The quantitative estimate of drug-likeness (QED) is 0.463. The van der Waals surface area contributed by atoms with Gasteiger partial charge in [0.1, 0.15) is 6.04 Å². The van der Waals surface area contributed by atoms with Crippen LogP contribution in [0.4, 0.5) is 0 Å². The van der Waals surface area contributed by atoms with Gasteiger partial charge in [-0.1, -0.05) is 6.07 Å². The molecule has 0 aliphatic carbocycles. The van der Waals surface area contributed by atoms with Gasteiger partial charge in [-0.2, -0.15) is 0 Å². The average molecular weight is 335 g/mol. The van der Waals surface area contributed by atoms with E-state index in [1.54, 1.807) is 38.1 Å². The molecule has 0 unspecified atom stereocenters. The van der Waals surface area contributed by atoms with E-state index in [1.807, 2.05) is 0 Å². The first-order chi connectivity index (χ1) is 11.4. The normalized spacial score (nSPS) is 11.7. The monoisotopic (exact) mass is 335 g/mol. The van der Waals surface area contributed by atoms with Crippen LogP contribution in [0.2, 0.25) is 0 Å². The zero-order valence-electron chi connectivity index (χ0n) is 14.1. The molecular formula is C17H21NO6. The Bertz CT molecular complexity index is 638. The number of hydrogen-bond donors (Lipinski definition) is 1. The molecule has 0 radical (unpaired) electrons. The van der Waals surface area contributed by atoms with Crippen LogP contribution < -0.4 is 14.8 Å². The van der Waals surface area contributed by atoms with Gasteiger partial charge in [0.25, 0.3) is 0 Å². The van der Waals surface area contributed by atoms with Crippen molar-refractivity contribution in [2.24, 2.45) is 0 Å². The Balaban J connectivity index is 2.74. The Morgan fingerprint density at radius 1 is 1.25 bits per heavy atom. The van der Waals surface area contributed by atoms with Gasteiger partial charge in [-0.15, -0.1) is 0 Å². The fourth-order valence-electron chi connectivity index (χ4n) is 1.79. The van der Waals surface area contributed by atoms with Crippen molar-refractivity contribution in [1.82, 2.24) is 5.32 Å². The Morgan fingerprint density at radius 2 is 1.96 bits per heavy atom. The highest BCUT2D eigenvalue weighted by Gasteiger charge is 2.15. The molecule has 0 saturated heterocycles. The highest BCUT2D eigenvalue weighted by Crippen LogP contribution is 2.28. The zero-order chi connectivity index (χ0) is 18.1. The Labute approximate surface area is 140 Å². The summed E-state index contributed by atoms with van der Waals surface area (Å²) in [7, 11) is 1.45. The summed E-state index contributed by atoms with van der Waals surface area (Å²) in [5.74, 6) is -0.718. The second kappa shape index (κ2) is 9.34. The molecule has 0 bridgehead atoms. The molecule has 130 valence electrons. The lowest BCUT2D eigenvalue weighted by atomic mass is 10.2. The fraction of sp³-hybridized carbons (Fsp3) is 0.353. The van der Waals surface area contributed by atoms with Gasteiger partial charge in [0.05, 0.1) is 13.7 Å². The molecule has 7 heteroatoms. The third kappa shape index (κ3) is 6.12. The van der Waals surface area contributed by atoms with Gasteiger partial charge in [0, 0.05) is 13.0 Å². The smallest absolute Gasteiger partial charge is 0.328 e. The number of benzene rings is 1. The van der Waals surface area contributed by atoms with Gasteiger partial charge in [-0.05, 0) is 37.6 Å². The molecule has 1 aromatic carbocycles. The maximum atomic E-state index is 11.8. The number of nitrogens with one attached hydrogen (secondary N) is 1. The molecule has 1 atom stereocenters. The van der Waals surface area contributed by atoms with E-state index in [2.05, 4.69) is 5.32 Å². The summed E-state index contributed by atoms with van der Waals surface area (Å²) in [5, 5.41) is 2.50. The van der Waals surface area contributed by atoms with Gasteiger partial charge < -0.3 is 19.5 Å². The van der Waals surface area contributed by atoms with E-state index in [9.17, 15) is 14.4 Å². The molecule has 24 heavy (non-hydrogen) atoms. The van der Waals surface area contributed by atoms with E-state index in [4.69, 9.17) is 14.2 Å². The minimum absolute atomic E-state index is 0.253. The maximum absolute atomic E-state index is 11.8. The van der Waals surface area contributed by atoms with Gasteiger partial charge in [0.15, 0.2) is 11.5 Å². The molecule has 0 fully saturated rings. The Kier molecular flexibility index (Phi) is 7.48. The van der Waals surface area contributed by atoms with Gasteiger partial charge in [0.2, 0.25) is 5.91 Å². The number of hydrogen-bond acceptors (Lipinski definition) is 6. The minimum Gasteiger partial charge on any atom is -0.493 e. The van der Waals surface area contributed by atoms with E-state index < -0.39 is 23.9 Å². The van der Waals surface area contributed by atoms with Crippen molar-refractivity contribution in [2.75, 3.05) is 13.7 Å². The molecule has 1 aromatic rings. The largest absolute Gasteiger partial charge is 0.493 e. The number of rotatable bonds is 7. The van der Waals surface area contributed by atoms with E-state index in [0.29, 0.717) is 17.1 Å². The predicted octanol–water partition coefficient (Wildman–Crippen LogP) is 1.70. The first-order valence-corrected chi connectivity index (χ1v) is 7.39. The van der Waals surface area contributed by atoms with Crippen LogP contribution in [-0.2, 0) is 19.1 Å². The predicted molar refractivity (Wildman–Crippen MR) is 87.6 cm³/mol. The van der Waals surface area contributed by atoms with Crippen molar-refractivity contribution in [3.63, 3.8) is 0 Å². The van der Waals surface area contributed by atoms with Gasteiger partial charge in [-0.25, -0.2) is 4.79 Å². The van der Waals surface area contributed by atoms with E-state index in [-0.39, 0.29) is 6.61 Å². The van der Waals surface area contributed by atoms with E-state index in [1.165, 1.54) is 20.1 Å². The van der Waals surface area contributed by atoms with Crippen LogP contribution in [0.15, 0.2) is 24.3 Å². The molecular weight excluding hydrogens is 314 g/mol. The lowest BCUT2D eigenvalue weighted by Gasteiger charge is -2.11. The van der Waals surface area contributed by atoms with Gasteiger partial charge >= 0.3 is 11.9 Å². The van der Waals surface area contributed by atoms with E-state index >= 15 is 0 Å². The standard InChI is InChI=1S/C17H21NO6/c1-5-23-17(21)11(2)18-16(20)9-7-13-6-8-14(24-12(3)19)15(10-13)22-4/h6-11H,5H2,1-4H3,(H,18,20)/b9-7+/t11-/m0/s1. The lowest BCUT2D eigenvalue weighted by Crippen LogP contribution is -2.38. The van der Waals surface area contributed by atoms with Crippen molar-refractivity contribution < 1.29 is 28.6 Å². The highest BCUT2D eigenvalue weighted by molar-refractivity contribution is 5.94. The first kappa shape index (κ1) is 19.2. The van der Waals surface area contributed by atoms with Crippen molar-refractivity contribution >= 4 is 23.9 Å². The Morgan fingerprint density at radius 3 is 2.54 bits per heavy atom. The first-order valence-electron chi connectivity index (χ1n) is 7.39. The highest BCUT2D eigenvalue weighted by atomic mass is 16.6. The van der Waals surface area contributed by atoms with Crippen molar-refractivity contribution in [2.45, 2.75) is 26.8 Å². The summed E-state index contributed by atoms with van der Waals surface area (Å²) in [6.07, 6.45) is 2.84. The van der Waals surface area contributed by atoms with Crippen LogP contribution in [0.1, 0.15) is 26.3 Å². The summed E-state index contributed by atoms with van der Waals surface area (Å²) in [6.45, 7) is 4.78. The molecule has 0 saturated carbocycles. The molecule has 0 aliphatic rings. The van der Waals surface area contributed by atoms with Crippen molar-refractivity contribution in [3.8, 4) is 11.5 Å². The molecule has 1 rings (SSSR count). The molecule has 7 nitrogen and oxygen atoms in total. The molecule has 0 aliphatic heterocycles. The second-order valence-electron chi connectivity index (χ2n) is 4.82. The van der Waals surface area contributed by atoms with Crippen molar-refractivity contribution in [1.29, 1.82) is 0 Å². The number of methoxy groups -OCH3 is 1. The van der Waals surface area contributed by atoms with E-state index in [0.717, 1.165) is 0 Å². The summed E-state index contributed by atoms with van der Waals surface area (Å²) in [5.41, 5.74) is 0.668. The fourth-order valence-corrected chi connectivity index (χ4v) is 1.79. The zero-order valence-corrected chi connectivity index (χ0v) is 14.1. The van der Waals surface area contributed by atoms with Crippen LogP contribution >= 0.6 is 0 Å². The molecule has 0 heterocycles. The van der Waals surface area contributed by atoms with Crippen molar-refractivity contribution in [3.05, 3.63) is 29.8 Å². The third-order valence-corrected chi connectivity index (χ3v) is 2.87. The number of ether oxygens (including phenoxy) is 3. The van der Waals surface area contributed by atoms with Crippen LogP contribution in [0.3, 0.4) is 0 Å².